The zero-order chi connectivity index (χ0) is 18.0. The molecule has 25 heavy (non-hydrogen) atoms. The summed E-state index contributed by atoms with van der Waals surface area (Å²) in [6.07, 6.45) is 0. The first-order chi connectivity index (χ1) is 12.0. The fourth-order valence-electron chi connectivity index (χ4n) is 2.62. The van der Waals surface area contributed by atoms with Crippen molar-refractivity contribution < 1.29 is 19.0 Å². The highest BCUT2D eigenvalue weighted by molar-refractivity contribution is 7.15. The summed E-state index contributed by atoms with van der Waals surface area (Å²) in [5.74, 6) is 1.18. The van der Waals surface area contributed by atoms with Crippen molar-refractivity contribution in [3.63, 3.8) is 0 Å². The van der Waals surface area contributed by atoms with E-state index >= 15 is 0 Å². The zero-order valence-corrected chi connectivity index (χ0v) is 15.3. The van der Waals surface area contributed by atoms with Gasteiger partial charge in [0.15, 0.2) is 11.5 Å². The summed E-state index contributed by atoms with van der Waals surface area (Å²) in [7, 11) is 4.57. The van der Waals surface area contributed by atoms with Gasteiger partial charge in [0.25, 0.3) is 5.91 Å². The fourth-order valence-corrected chi connectivity index (χ4v) is 3.33. The molecular weight excluding hydrogens is 344 g/mol. The van der Waals surface area contributed by atoms with Gasteiger partial charge in [-0.3, -0.25) is 4.79 Å². The number of nitrogens with zero attached hydrogens (tertiary/aromatic N) is 3. The number of aromatic nitrogens is 2. The first-order valence-electron chi connectivity index (χ1n) is 7.71. The van der Waals surface area contributed by atoms with Gasteiger partial charge in [-0.25, -0.2) is 0 Å². The van der Waals surface area contributed by atoms with Gasteiger partial charge in [0.1, 0.15) is 5.01 Å². The van der Waals surface area contributed by atoms with Crippen LogP contribution in [-0.4, -0.2) is 56.6 Å². The summed E-state index contributed by atoms with van der Waals surface area (Å²) in [5.41, 5.74) is 0.458. The summed E-state index contributed by atoms with van der Waals surface area (Å²) >= 11 is 1.55. The molecule has 1 fully saturated rings. The zero-order valence-electron chi connectivity index (χ0n) is 14.5. The van der Waals surface area contributed by atoms with Gasteiger partial charge in [-0.05, 0) is 19.1 Å². The molecule has 2 heterocycles. The molecule has 1 aliphatic rings. The van der Waals surface area contributed by atoms with Crippen LogP contribution in [0, 0.1) is 6.92 Å². The second kappa shape index (κ2) is 7.14. The molecule has 3 rings (SSSR count). The Hall–Kier alpha value is -2.55. The van der Waals surface area contributed by atoms with Crippen LogP contribution in [0.2, 0.25) is 0 Å². The largest absolute Gasteiger partial charge is 0.493 e. The number of anilines is 1. The van der Waals surface area contributed by atoms with Crippen LogP contribution in [0.3, 0.4) is 0 Å². The molecule has 2 aromatic rings. The lowest BCUT2D eigenvalue weighted by molar-refractivity contribution is 0.0929. The smallest absolute Gasteiger partial charge is 0.251 e. The van der Waals surface area contributed by atoms with E-state index in [2.05, 4.69) is 20.4 Å². The minimum absolute atomic E-state index is 0.0656. The number of benzene rings is 1. The number of carbonyl (C=O) groups excluding carboxylic acids is 1. The van der Waals surface area contributed by atoms with Gasteiger partial charge in [-0.15, -0.1) is 10.2 Å². The van der Waals surface area contributed by atoms with Crippen molar-refractivity contribution >= 4 is 22.4 Å². The van der Waals surface area contributed by atoms with Crippen LogP contribution in [-0.2, 0) is 0 Å². The standard InChI is InChI=1S/C16H20N4O4S/c1-9-18-19-16(25-9)20-7-11(8-20)17-15(21)10-5-12(22-2)14(24-4)13(6-10)23-3/h5-6,11H,7-8H2,1-4H3,(H,17,21). The van der Waals surface area contributed by atoms with Gasteiger partial charge in [-0.2, -0.15) is 0 Å². The molecule has 0 saturated carbocycles. The Bertz CT molecular complexity index is 748. The molecule has 0 unspecified atom stereocenters. The van der Waals surface area contributed by atoms with Crippen LogP contribution in [0.15, 0.2) is 12.1 Å². The van der Waals surface area contributed by atoms with Crippen LogP contribution in [0.5, 0.6) is 17.2 Å². The third-order valence-corrected chi connectivity index (χ3v) is 4.83. The van der Waals surface area contributed by atoms with Crippen molar-refractivity contribution in [2.75, 3.05) is 39.3 Å². The first-order valence-corrected chi connectivity index (χ1v) is 8.53. The van der Waals surface area contributed by atoms with Gasteiger partial charge >= 0.3 is 0 Å². The SMILES string of the molecule is COc1cc(C(=O)NC2CN(c3nnc(C)s3)C2)cc(OC)c1OC. The lowest BCUT2D eigenvalue weighted by atomic mass is 10.1. The summed E-state index contributed by atoms with van der Waals surface area (Å²) in [6.45, 7) is 3.35. The van der Waals surface area contributed by atoms with E-state index in [0.717, 1.165) is 10.1 Å². The van der Waals surface area contributed by atoms with Crippen molar-refractivity contribution in [1.82, 2.24) is 15.5 Å². The summed E-state index contributed by atoms with van der Waals surface area (Å²) in [4.78, 5) is 14.6. The highest BCUT2D eigenvalue weighted by atomic mass is 32.1. The third-order valence-electron chi connectivity index (χ3n) is 3.93. The van der Waals surface area contributed by atoms with Gasteiger partial charge in [0.05, 0.1) is 27.4 Å². The van der Waals surface area contributed by atoms with Crippen molar-refractivity contribution in [3.05, 3.63) is 22.7 Å². The van der Waals surface area contributed by atoms with E-state index in [1.54, 1.807) is 23.5 Å². The number of hydrogen-bond acceptors (Lipinski definition) is 8. The monoisotopic (exact) mass is 364 g/mol. The molecule has 1 N–H and O–H groups in total. The van der Waals surface area contributed by atoms with Crippen molar-refractivity contribution in [2.45, 2.75) is 13.0 Å². The van der Waals surface area contributed by atoms with Gasteiger partial charge in [0, 0.05) is 18.7 Å². The number of amides is 1. The van der Waals surface area contributed by atoms with E-state index in [4.69, 9.17) is 14.2 Å². The Morgan fingerprint density at radius 3 is 2.28 bits per heavy atom. The Labute approximate surface area is 149 Å². The van der Waals surface area contributed by atoms with Crippen LogP contribution < -0.4 is 24.4 Å². The number of rotatable bonds is 6. The molecule has 134 valence electrons. The van der Waals surface area contributed by atoms with E-state index in [-0.39, 0.29) is 11.9 Å². The highest BCUT2D eigenvalue weighted by Crippen LogP contribution is 2.38. The van der Waals surface area contributed by atoms with Gasteiger partial charge < -0.3 is 24.4 Å². The van der Waals surface area contributed by atoms with Crippen molar-refractivity contribution in [3.8, 4) is 17.2 Å². The number of methoxy groups -OCH3 is 3. The van der Waals surface area contributed by atoms with Crippen LogP contribution in [0.4, 0.5) is 5.13 Å². The molecule has 1 aliphatic heterocycles. The molecule has 9 heteroatoms. The second-order valence-corrected chi connectivity index (χ2v) is 6.75. The Morgan fingerprint density at radius 2 is 1.80 bits per heavy atom. The predicted molar refractivity (Wildman–Crippen MR) is 94.2 cm³/mol. The minimum atomic E-state index is -0.183. The maximum absolute atomic E-state index is 12.5. The number of ether oxygens (including phenoxy) is 3. The Balaban J connectivity index is 1.66. The minimum Gasteiger partial charge on any atom is -0.493 e. The van der Waals surface area contributed by atoms with Gasteiger partial charge in [-0.1, -0.05) is 11.3 Å². The summed E-state index contributed by atoms with van der Waals surface area (Å²) in [5, 5.41) is 12.9. The Kier molecular flexibility index (Phi) is 4.93. The first kappa shape index (κ1) is 17.3. The number of nitrogens with one attached hydrogen (secondary N) is 1. The molecular formula is C16H20N4O4S. The molecule has 1 saturated heterocycles. The molecule has 1 aromatic heterocycles. The van der Waals surface area contributed by atoms with Gasteiger partial charge in [0.2, 0.25) is 10.9 Å². The summed E-state index contributed by atoms with van der Waals surface area (Å²) in [6, 6.07) is 3.35. The highest BCUT2D eigenvalue weighted by Gasteiger charge is 2.31. The van der Waals surface area contributed by atoms with E-state index in [1.807, 2.05) is 6.92 Å². The molecule has 1 amide bonds. The molecule has 0 aliphatic carbocycles. The molecule has 8 nitrogen and oxygen atoms in total. The van der Waals surface area contributed by atoms with E-state index < -0.39 is 0 Å². The van der Waals surface area contributed by atoms with E-state index in [1.165, 1.54) is 21.3 Å². The number of carbonyl (C=O) groups is 1. The number of aryl methyl sites for hydroxylation is 1. The van der Waals surface area contributed by atoms with Crippen LogP contribution in [0.25, 0.3) is 0 Å². The maximum Gasteiger partial charge on any atom is 0.251 e. The average Bonchev–Trinajstić information content (AvgIpc) is 3.01. The van der Waals surface area contributed by atoms with Crippen LogP contribution in [0.1, 0.15) is 15.4 Å². The topological polar surface area (TPSA) is 85.8 Å². The number of hydrogen-bond donors (Lipinski definition) is 1. The molecule has 0 bridgehead atoms. The lowest BCUT2D eigenvalue weighted by Gasteiger charge is -2.39. The second-order valence-electron chi connectivity index (χ2n) is 5.59. The average molecular weight is 364 g/mol. The third kappa shape index (κ3) is 3.46. The fraction of sp³-hybridized carbons (Fsp3) is 0.438. The Morgan fingerprint density at radius 1 is 1.16 bits per heavy atom. The predicted octanol–water partition coefficient (Wildman–Crippen LogP) is 1.49. The van der Waals surface area contributed by atoms with E-state index in [9.17, 15) is 4.79 Å². The van der Waals surface area contributed by atoms with Crippen molar-refractivity contribution in [2.24, 2.45) is 0 Å². The van der Waals surface area contributed by atoms with Crippen molar-refractivity contribution in [1.29, 1.82) is 0 Å². The quantitative estimate of drug-likeness (QED) is 0.831. The van der Waals surface area contributed by atoms with Crippen LogP contribution >= 0.6 is 11.3 Å². The molecule has 0 atom stereocenters. The van der Waals surface area contributed by atoms with E-state index in [0.29, 0.717) is 35.9 Å². The molecule has 0 spiro atoms. The maximum atomic E-state index is 12.5. The molecule has 0 radical (unpaired) electrons. The summed E-state index contributed by atoms with van der Waals surface area (Å²) < 4.78 is 15.8. The normalized spacial score (nSPS) is 14.0. The molecule has 1 aromatic carbocycles. The lowest BCUT2D eigenvalue weighted by Crippen LogP contribution is -2.59.